The first-order chi connectivity index (χ1) is 9.17. The summed E-state index contributed by atoms with van der Waals surface area (Å²) in [7, 11) is 1.73. The third-order valence-electron chi connectivity index (χ3n) is 3.87. The van der Waals surface area contributed by atoms with Gasteiger partial charge in [-0.1, -0.05) is 19.1 Å². The molecule has 1 aromatic carbocycles. The van der Waals surface area contributed by atoms with Crippen LogP contribution in [0.2, 0.25) is 0 Å². The summed E-state index contributed by atoms with van der Waals surface area (Å²) < 4.78 is 5.26. The largest absolute Gasteiger partial charge is 0.478 e. The molecule has 1 unspecified atom stereocenters. The molecule has 1 atom stereocenters. The predicted octanol–water partition coefficient (Wildman–Crippen LogP) is 2.17. The lowest BCUT2D eigenvalue weighted by molar-refractivity contribution is 0.0686. The van der Waals surface area contributed by atoms with Crippen LogP contribution in [-0.2, 0) is 17.7 Å². The van der Waals surface area contributed by atoms with Gasteiger partial charge in [0.25, 0.3) is 0 Å². The number of hydrogen-bond donors (Lipinski definition) is 1. The number of methoxy groups -OCH3 is 1. The summed E-state index contributed by atoms with van der Waals surface area (Å²) in [5.74, 6) is -0.825. The second-order valence-electron chi connectivity index (χ2n) is 4.99. The van der Waals surface area contributed by atoms with Gasteiger partial charge in [-0.15, -0.1) is 0 Å². The molecule has 104 valence electrons. The Labute approximate surface area is 114 Å². The Morgan fingerprint density at radius 1 is 1.53 bits per heavy atom. The minimum absolute atomic E-state index is 0.409. The lowest BCUT2D eigenvalue weighted by Crippen LogP contribution is -2.41. The van der Waals surface area contributed by atoms with Crippen molar-refractivity contribution in [3.05, 3.63) is 34.9 Å². The number of nitrogens with zero attached hydrogens (tertiary/aromatic N) is 1. The molecule has 0 saturated carbocycles. The fraction of sp³-hybridized carbons (Fsp3) is 0.533. The van der Waals surface area contributed by atoms with Crippen molar-refractivity contribution in [2.75, 3.05) is 20.3 Å². The zero-order valence-corrected chi connectivity index (χ0v) is 11.6. The van der Waals surface area contributed by atoms with Crippen molar-refractivity contribution in [2.45, 2.75) is 32.4 Å². The van der Waals surface area contributed by atoms with Gasteiger partial charge in [0.1, 0.15) is 0 Å². The van der Waals surface area contributed by atoms with Gasteiger partial charge in [-0.05, 0) is 30.0 Å². The number of carboxylic acids is 1. The highest BCUT2D eigenvalue weighted by molar-refractivity contribution is 5.89. The van der Waals surface area contributed by atoms with E-state index < -0.39 is 5.97 Å². The van der Waals surface area contributed by atoms with Crippen LogP contribution in [0.5, 0.6) is 0 Å². The number of carbonyl (C=O) groups is 1. The summed E-state index contributed by atoms with van der Waals surface area (Å²) in [5, 5.41) is 9.21. The third-order valence-corrected chi connectivity index (χ3v) is 3.87. The van der Waals surface area contributed by atoms with Crippen LogP contribution in [0.4, 0.5) is 0 Å². The topological polar surface area (TPSA) is 49.8 Å². The molecule has 1 aliphatic rings. The van der Waals surface area contributed by atoms with E-state index in [1.54, 1.807) is 13.2 Å². The number of fused-ring (bicyclic) bond motifs is 1. The molecule has 19 heavy (non-hydrogen) atoms. The van der Waals surface area contributed by atoms with Gasteiger partial charge in [-0.2, -0.15) is 0 Å². The van der Waals surface area contributed by atoms with Gasteiger partial charge in [0.2, 0.25) is 0 Å². The molecule has 0 radical (unpaired) electrons. The highest BCUT2D eigenvalue weighted by Gasteiger charge is 2.25. The maximum Gasteiger partial charge on any atom is 0.335 e. The summed E-state index contributed by atoms with van der Waals surface area (Å²) in [6, 6.07) is 5.98. The fourth-order valence-corrected chi connectivity index (χ4v) is 2.82. The van der Waals surface area contributed by atoms with E-state index in [0.717, 1.165) is 43.7 Å². The molecule has 4 nitrogen and oxygen atoms in total. The van der Waals surface area contributed by atoms with Gasteiger partial charge in [-0.3, -0.25) is 4.90 Å². The van der Waals surface area contributed by atoms with Crippen LogP contribution >= 0.6 is 0 Å². The van der Waals surface area contributed by atoms with Crippen molar-refractivity contribution in [1.29, 1.82) is 0 Å². The summed E-state index contributed by atoms with van der Waals surface area (Å²) in [6.07, 6.45) is 1.85. The lowest BCUT2D eigenvalue weighted by atomic mass is 9.93. The van der Waals surface area contributed by atoms with E-state index in [9.17, 15) is 9.90 Å². The minimum Gasteiger partial charge on any atom is -0.478 e. The van der Waals surface area contributed by atoms with Gasteiger partial charge < -0.3 is 9.84 Å². The molecule has 1 N–H and O–H groups in total. The number of hydrogen-bond acceptors (Lipinski definition) is 3. The van der Waals surface area contributed by atoms with Crippen molar-refractivity contribution in [3.8, 4) is 0 Å². The molecule has 1 aliphatic heterocycles. The van der Waals surface area contributed by atoms with Crippen LogP contribution < -0.4 is 0 Å². The molecular formula is C15H21NO3. The summed E-state index contributed by atoms with van der Waals surface area (Å²) >= 11 is 0. The van der Waals surface area contributed by atoms with Gasteiger partial charge in [0.05, 0.1) is 12.2 Å². The molecule has 0 aliphatic carbocycles. The minimum atomic E-state index is -0.825. The average Bonchev–Trinajstić information content (AvgIpc) is 2.43. The second-order valence-corrected chi connectivity index (χ2v) is 4.99. The zero-order chi connectivity index (χ0) is 13.8. The second kappa shape index (κ2) is 6.17. The molecular weight excluding hydrogens is 242 g/mol. The Morgan fingerprint density at radius 3 is 2.95 bits per heavy atom. The van der Waals surface area contributed by atoms with Crippen LogP contribution in [0, 0.1) is 0 Å². The Hall–Kier alpha value is -1.39. The van der Waals surface area contributed by atoms with Crippen molar-refractivity contribution in [1.82, 2.24) is 4.90 Å². The summed E-state index contributed by atoms with van der Waals surface area (Å²) in [4.78, 5) is 13.6. The highest BCUT2D eigenvalue weighted by Crippen LogP contribution is 2.24. The van der Waals surface area contributed by atoms with Crippen molar-refractivity contribution in [2.24, 2.45) is 0 Å². The molecule has 0 fully saturated rings. The highest BCUT2D eigenvalue weighted by atomic mass is 16.5. The Morgan fingerprint density at radius 2 is 2.32 bits per heavy atom. The van der Waals surface area contributed by atoms with E-state index in [1.165, 1.54) is 0 Å². The molecule has 2 rings (SSSR count). The Bertz CT molecular complexity index is 459. The maximum absolute atomic E-state index is 11.2. The van der Waals surface area contributed by atoms with Crippen molar-refractivity contribution in [3.63, 3.8) is 0 Å². The van der Waals surface area contributed by atoms with Gasteiger partial charge in [0.15, 0.2) is 0 Å². The van der Waals surface area contributed by atoms with Crippen molar-refractivity contribution < 1.29 is 14.6 Å². The number of aromatic carboxylic acids is 1. The monoisotopic (exact) mass is 263 g/mol. The standard InChI is InChI=1S/C15H21NO3/c1-3-12(10-19-2)16-8-7-13-11(9-16)5-4-6-14(13)15(17)18/h4-6,12H,3,7-10H2,1-2H3,(H,17,18). The molecule has 0 bridgehead atoms. The molecule has 0 amide bonds. The SMILES string of the molecule is CCC(COC)N1CCc2c(cccc2C(=O)O)C1. The quantitative estimate of drug-likeness (QED) is 0.884. The van der Waals surface area contributed by atoms with Gasteiger partial charge >= 0.3 is 5.97 Å². The van der Waals surface area contributed by atoms with Crippen LogP contribution in [0.25, 0.3) is 0 Å². The summed E-state index contributed by atoms with van der Waals surface area (Å²) in [5.41, 5.74) is 2.59. The van der Waals surface area contributed by atoms with Crippen LogP contribution in [0.1, 0.15) is 34.8 Å². The van der Waals surface area contributed by atoms with E-state index in [1.807, 2.05) is 12.1 Å². The van der Waals surface area contributed by atoms with E-state index >= 15 is 0 Å². The van der Waals surface area contributed by atoms with E-state index in [2.05, 4.69) is 11.8 Å². The van der Waals surface area contributed by atoms with E-state index in [4.69, 9.17) is 4.74 Å². The first-order valence-electron chi connectivity index (χ1n) is 6.74. The summed E-state index contributed by atoms with van der Waals surface area (Å²) in [6.45, 7) is 4.61. The van der Waals surface area contributed by atoms with Gasteiger partial charge in [-0.25, -0.2) is 4.79 Å². The predicted molar refractivity (Wildman–Crippen MR) is 73.5 cm³/mol. The molecule has 1 aromatic rings. The Balaban J connectivity index is 2.20. The third kappa shape index (κ3) is 2.96. The zero-order valence-electron chi connectivity index (χ0n) is 11.6. The van der Waals surface area contributed by atoms with E-state index in [0.29, 0.717) is 11.6 Å². The number of carboxylic acid groups (broad SMARTS) is 1. The average molecular weight is 263 g/mol. The molecule has 0 aromatic heterocycles. The van der Waals surface area contributed by atoms with Crippen LogP contribution in [0.15, 0.2) is 18.2 Å². The van der Waals surface area contributed by atoms with Crippen LogP contribution in [0.3, 0.4) is 0 Å². The Kier molecular flexibility index (Phi) is 4.56. The van der Waals surface area contributed by atoms with Crippen LogP contribution in [-0.4, -0.2) is 42.3 Å². The van der Waals surface area contributed by atoms with Crippen molar-refractivity contribution >= 4 is 5.97 Å². The first-order valence-corrected chi connectivity index (χ1v) is 6.74. The fourth-order valence-electron chi connectivity index (χ4n) is 2.82. The maximum atomic E-state index is 11.2. The molecule has 4 heteroatoms. The molecule has 0 spiro atoms. The molecule has 0 saturated heterocycles. The smallest absolute Gasteiger partial charge is 0.335 e. The van der Waals surface area contributed by atoms with Gasteiger partial charge in [0, 0.05) is 26.2 Å². The number of ether oxygens (including phenoxy) is 1. The lowest BCUT2D eigenvalue weighted by Gasteiger charge is -2.35. The van der Waals surface area contributed by atoms with E-state index in [-0.39, 0.29) is 0 Å². The first kappa shape index (κ1) is 14.0. The number of rotatable bonds is 5. The normalized spacial score (nSPS) is 16.9. The number of benzene rings is 1. The molecule has 1 heterocycles.